The summed E-state index contributed by atoms with van der Waals surface area (Å²) in [6.07, 6.45) is 0. The van der Waals surface area contributed by atoms with Crippen molar-refractivity contribution in [2.75, 3.05) is 5.32 Å². The van der Waals surface area contributed by atoms with E-state index in [-0.39, 0.29) is 11.1 Å². The van der Waals surface area contributed by atoms with Crippen LogP contribution in [0.15, 0.2) is 47.0 Å². The molecule has 3 aromatic rings. The molecular weight excluding hydrogens is 356 g/mol. The SMILES string of the molecule is Cc1ccc(NC(=O)c2c(-c3ccccc3Cl)noc2C)cc1C(=O)O. The predicted octanol–water partition coefficient (Wildman–Crippen LogP) is 4.56. The van der Waals surface area contributed by atoms with E-state index in [1.807, 2.05) is 0 Å². The van der Waals surface area contributed by atoms with Gasteiger partial charge in [-0.05, 0) is 37.6 Å². The largest absolute Gasteiger partial charge is 0.478 e. The second-order valence-electron chi connectivity index (χ2n) is 5.73. The van der Waals surface area contributed by atoms with Crippen molar-refractivity contribution >= 4 is 29.2 Å². The van der Waals surface area contributed by atoms with Gasteiger partial charge in [0.2, 0.25) is 0 Å². The zero-order chi connectivity index (χ0) is 18.8. The minimum atomic E-state index is -1.06. The number of hydrogen-bond donors (Lipinski definition) is 2. The van der Waals surface area contributed by atoms with Crippen molar-refractivity contribution in [3.8, 4) is 11.3 Å². The van der Waals surface area contributed by atoms with Gasteiger partial charge in [0.25, 0.3) is 5.91 Å². The molecule has 6 nitrogen and oxygen atoms in total. The third-order valence-electron chi connectivity index (χ3n) is 3.94. The monoisotopic (exact) mass is 370 g/mol. The smallest absolute Gasteiger partial charge is 0.336 e. The maximum atomic E-state index is 12.8. The summed E-state index contributed by atoms with van der Waals surface area (Å²) in [5.74, 6) is -1.18. The summed E-state index contributed by atoms with van der Waals surface area (Å²) in [6, 6.07) is 11.7. The molecule has 0 saturated heterocycles. The number of aromatic nitrogens is 1. The Kier molecular flexibility index (Phi) is 4.77. The van der Waals surface area contributed by atoms with Crippen LogP contribution < -0.4 is 5.32 Å². The van der Waals surface area contributed by atoms with Crippen LogP contribution in [0.4, 0.5) is 5.69 Å². The lowest BCUT2D eigenvalue weighted by molar-refractivity contribution is 0.0695. The molecule has 3 rings (SSSR count). The molecule has 0 radical (unpaired) electrons. The summed E-state index contributed by atoms with van der Waals surface area (Å²) in [6.45, 7) is 3.31. The summed E-state index contributed by atoms with van der Waals surface area (Å²) in [7, 11) is 0. The van der Waals surface area contributed by atoms with Crippen LogP contribution in [-0.4, -0.2) is 22.1 Å². The zero-order valence-corrected chi connectivity index (χ0v) is 14.8. The number of rotatable bonds is 4. The van der Waals surface area contributed by atoms with E-state index >= 15 is 0 Å². The average molecular weight is 371 g/mol. The van der Waals surface area contributed by atoms with Crippen LogP contribution >= 0.6 is 11.6 Å². The minimum Gasteiger partial charge on any atom is -0.478 e. The maximum absolute atomic E-state index is 12.8. The van der Waals surface area contributed by atoms with Crippen molar-refractivity contribution in [1.29, 1.82) is 0 Å². The Morgan fingerprint density at radius 3 is 2.58 bits per heavy atom. The summed E-state index contributed by atoms with van der Waals surface area (Å²) in [5, 5.41) is 16.3. The molecule has 0 saturated carbocycles. The predicted molar refractivity (Wildman–Crippen MR) is 97.8 cm³/mol. The lowest BCUT2D eigenvalue weighted by Crippen LogP contribution is -2.14. The van der Waals surface area contributed by atoms with Crippen molar-refractivity contribution in [3.63, 3.8) is 0 Å². The van der Waals surface area contributed by atoms with Gasteiger partial charge in [-0.2, -0.15) is 0 Å². The van der Waals surface area contributed by atoms with Gasteiger partial charge in [-0.25, -0.2) is 4.79 Å². The quantitative estimate of drug-likeness (QED) is 0.702. The molecule has 2 aromatic carbocycles. The Labute approximate surface area is 154 Å². The Balaban J connectivity index is 1.97. The van der Waals surface area contributed by atoms with Gasteiger partial charge in [0.05, 0.1) is 10.6 Å². The van der Waals surface area contributed by atoms with Crippen LogP contribution in [0.1, 0.15) is 32.0 Å². The normalized spacial score (nSPS) is 10.6. The molecule has 1 amide bonds. The molecule has 0 fully saturated rings. The number of aromatic carboxylic acids is 1. The number of halogens is 1. The third kappa shape index (κ3) is 3.32. The number of nitrogens with one attached hydrogen (secondary N) is 1. The van der Waals surface area contributed by atoms with Crippen LogP contribution in [0.5, 0.6) is 0 Å². The molecule has 0 spiro atoms. The molecule has 0 unspecified atom stereocenters. The van der Waals surface area contributed by atoms with Crippen molar-refractivity contribution in [1.82, 2.24) is 5.16 Å². The first kappa shape index (κ1) is 17.7. The van der Waals surface area contributed by atoms with Crippen molar-refractivity contribution in [2.24, 2.45) is 0 Å². The van der Waals surface area contributed by atoms with Crippen LogP contribution in [0.3, 0.4) is 0 Å². The average Bonchev–Trinajstić information content (AvgIpc) is 2.98. The highest BCUT2D eigenvalue weighted by Gasteiger charge is 2.23. The first-order valence-corrected chi connectivity index (χ1v) is 8.12. The Bertz CT molecular complexity index is 1010. The van der Waals surface area contributed by atoms with E-state index in [9.17, 15) is 14.7 Å². The van der Waals surface area contributed by atoms with E-state index in [1.165, 1.54) is 6.07 Å². The first-order chi connectivity index (χ1) is 12.4. The number of hydrogen-bond acceptors (Lipinski definition) is 4. The summed E-state index contributed by atoms with van der Waals surface area (Å²) in [5.41, 5.74) is 2.24. The number of nitrogens with zero attached hydrogens (tertiary/aromatic N) is 1. The lowest BCUT2D eigenvalue weighted by atomic mass is 10.0. The van der Waals surface area contributed by atoms with E-state index < -0.39 is 11.9 Å². The summed E-state index contributed by atoms with van der Waals surface area (Å²) < 4.78 is 5.18. The number of carboxylic acid groups (broad SMARTS) is 1. The second-order valence-corrected chi connectivity index (χ2v) is 6.14. The highest BCUT2D eigenvalue weighted by Crippen LogP contribution is 2.31. The van der Waals surface area contributed by atoms with Crippen molar-refractivity contribution < 1.29 is 19.2 Å². The van der Waals surface area contributed by atoms with E-state index in [0.717, 1.165) is 0 Å². The number of amides is 1. The van der Waals surface area contributed by atoms with Crippen LogP contribution in [0.2, 0.25) is 5.02 Å². The molecule has 1 heterocycles. The van der Waals surface area contributed by atoms with Gasteiger partial charge < -0.3 is 14.9 Å². The second kappa shape index (κ2) is 7.01. The summed E-state index contributed by atoms with van der Waals surface area (Å²) >= 11 is 6.20. The topological polar surface area (TPSA) is 92.4 Å². The Hall–Kier alpha value is -3.12. The molecule has 7 heteroatoms. The Morgan fingerprint density at radius 2 is 1.88 bits per heavy atom. The fourth-order valence-electron chi connectivity index (χ4n) is 2.60. The molecule has 0 atom stereocenters. The third-order valence-corrected chi connectivity index (χ3v) is 4.27. The number of benzene rings is 2. The molecular formula is C19H15ClN2O4. The number of aryl methyl sites for hydroxylation is 2. The highest BCUT2D eigenvalue weighted by molar-refractivity contribution is 6.33. The number of anilines is 1. The van der Waals surface area contributed by atoms with Gasteiger partial charge >= 0.3 is 5.97 Å². The van der Waals surface area contributed by atoms with Gasteiger partial charge in [0.15, 0.2) is 0 Å². The van der Waals surface area contributed by atoms with Crippen LogP contribution in [0, 0.1) is 13.8 Å². The molecule has 0 bridgehead atoms. The molecule has 0 aliphatic heterocycles. The Morgan fingerprint density at radius 1 is 1.15 bits per heavy atom. The number of carboxylic acids is 1. The standard InChI is InChI=1S/C19H15ClN2O4/c1-10-7-8-12(9-14(10)19(24)25)21-18(23)16-11(2)26-22-17(16)13-5-3-4-6-15(13)20/h3-9H,1-2H3,(H,21,23)(H,24,25). The number of carbonyl (C=O) groups excluding carboxylic acids is 1. The zero-order valence-electron chi connectivity index (χ0n) is 14.0. The first-order valence-electron chi connectivity index (χ1n) is 7.75. The van der Waals surface area contributed by atoms with Crippen LogP contribution in [0.25, 0.3) is 11.3 Å². The maximum Gasteiger partial charge on any atom is 0.336 e. The highest BCUT2D eigenvalue weighted by atomic mass is 35.5. The molecule has 0 aliphatic carbocycles. The van der Waals surface area contributed by atoms with Gasteiger partial charge in [-0.15, -0.1) is 0 Å². The van der Waals surface area contributed by atoms with E-state index in [2.05, 4.69) is 10.5 Å². The summed E-state index contributed by atoms with van der Waals surface area (Å²) in [4.78, 5) is 24.0. The molecule has 26 heavy (non-hydrogen) atoms. The molecule has 2 N–H and O–H groups in total. The van der Waals surface area contributed by atoms with Gasteiger partial charge in [0, 0.05) is 11.3 Å². The number of carbonyl (C=O) groups is 2. The van der Waals surface area contributed by atoms with Crippen molar-refractivity contribution in [2.45, 2.75) is 13.8 Å². The van der Waals surface area contributed by atoms with E-state index in [1.54, 1.807) is 50.2 Å². The van der Waals surface area contributed by atoms with Gasteiger partial charge in [0.1, 0.15) is 17.0 Å². The molecule has 0 aliphatic rings. The fourth-order valence-corrected chi connectivity index (χ4v) is 2.83. The van der Waals surface area contributed by atoms with Gasteiger partial charge in [-0.3, -0.25) is 4.79 Å². The van der Waals surface area contributed by atoms with Crippen LogP contribution in [-0.2, 0) is 0 Å². The van der Waals surface area contributed by atoms with Crippen molar-refractivity contribution in [3.05, 3.63) is 69.9 Å². The van der Waals surface area contributed by atoms with E-state index in [0.29, 0.717) is 33.3 Å². The molecule has 132 valence electrons. The lowest BCUT2D eigenvalue weighted by Gasteiger charge is -2.09. The fraction of sp³-hybridized carbons (Fsp3) is 0.105. The van der Waals surface area contributed by atoms with E-state index in [4.69, 9.17) is 16.1 Å². The molecule has 1 aromatic heterocycles. The van der Waals surface area contributed by atoms with Gasteiger partial charge in [-0.1, -0.05) is 41.0 Å². The minimum absolute atomic E-state index is 0.121.